The van der Waals surface area contributed by atoms with Gasteiger partial charge in [-0.25, -0.2) is 4.79 Å². The van der Waals surface area contributed by atoms with Crippen LogP contribution >= 0.6 is 15.9 Å². The highest BCUT2D eigenvalue weighted by atomic mass is 79.9. The Morgan fingerprint density at radius 3 is 2.54 bits per heavy atom. The summed E-state index contributed by atoms with van der Waals surface area (Å²) in [5.41, 5.74) is 8.34. The average molecular weight is 536 g/mol. The van der Waals surface area contributed by atoms with Gasteiger partial charge in [0.2, 0.25) is 5.91 Å². The van der Waals surface area contributed by atoms with Crippen LogP contribution < -0.4 is 16.0 Å². The standard InChI is InChI=1S/C27H26BrN3O4/c1-14-11-15(28)9-10-18(14)31-19-12-26(2,3)13-20(32)21(19)27(22(23(31)29)24(33)35-4)16-7-5-6-8-17(16)30-25(27)34/h5-11H,12-13,29H2,1-4H3,(H,30,34). The third kappa shape index (κ3) is 3.19. The largest absolute Gasteiger partial charge is 0.466 e. The Labute approximate surface area is 212 Å². The topological polar surface area (TPSA) is 102 Å². The van der Waals surface area contributed by atoms with Crippen LogP contribution in [0.1, 0.15) is 37.8 Å². The Kier molecular flexibility index (Phi) is 5.21. The first-order valence-electron chi connectivity index (χ1n) is 11.4. The zero-order chi connectivity index (χ0) is 25.3. The SMILES string of the molecule is COC(=O)C1=C(N)N(c2ccc(Br)cc2C)C2=C(C(=O)CC(C)(C)C2)C12C(=O)Nc1ccccc12. The minimum atomic E-state index is -1.68. The van der Waals surface area contributed by atoms with Crippen LogP contribution in [0.2, 0.25) is 0 Å². The number of nitrogens with two attached hydrogens (primary N) is 1. The summed E-state index contributed by atoms with van der Waals surface area (Å²) in [7, 11) is 1.25. The molecule has 1 amide bonds. The van der Waals surface area contributed by atoms with Gasteiger partial charge in [-0.05, 0) is 48.6 Å². The number of carbonyl (C=O) groups excluding carboxylic acids is 3. The summed E-state index contributed by atoms with van der Waals surface area (Å²) in [6.07, 6.45) is 0.737. The first-order valence-corrected chi connectivity index (χ1v) is 12.1. The molecule has 0 aromatic heterocycles. The number of Topliss-reactive ketones (excluding diaryl/α,β-unsaturated/α-hetero) is 1. The molecule has 0 saturated heterocycles. The fourth-order valence-electron chi connectivity index (χ4n) is 5.74. The number of halogens is 1. The van der Waals surface area contributed by atoms with Crippen molar-refractivity contribution in [3.05, 3.63) is 80.7 Å². The molecule has 1 spiro atoms. The van der Waals surface area contributed by atoms with E-state index < -0.39 is 17.3 Å². The number of hydrogen-bond acceptors (Lipinski definition) is 6. The quantitative estimate of drug-likeness (QED) is 0.550. The lowest BCUT2D eigenvalue weighted by Gasteiger charge is -2.47. The van der Waals surface area contributed by atoms with Crippen LogP contribution in [0.25, 0.3) is 0 Å². The normalized spacial score (nSPS) is 22.8. The maximum absolute atomic E-state index is 14.0. The molecule has 35 heavy (non-hydrogen) atoms. The second kappa shape index (κ2) is 7.81. The molecule has 1 aliphatic carbocycles. The minimum absolute atomic E-state index is 0.0448. The third-order valence-corrected chi connectivity index (χ3v) is 7.57. The number of ketones is 1. The van der Waals surface area contributed by atoms with E-state index in [1.54, 1.807) is 29.2 Å². The van der Waals surface area contributed by atoms with Gasteiger partial charge >= 0.3 is 5.97 Å². The number of para-hydroxylation sites is 1. The highest BCUT2D eigenvalue weighted by Crippen LogP contribution is 2.57. The summed E-state index contributed by atoms with van der Waals surface area (Å²) in [5.74, 6) is -1.33. The minimum Gasteiger partial charge on any atom is -0.466 e. The van der Waals surface area contributed by atoms with Gasteiger partial charge in [0.1, 0.15) is 16.8 Å². The maximum atomic E-state index is 14.0. The number of esters is 1. The number of methoxy groups -OCH3 is 1. The van der Waals surface area contributed by atoms with Gasteiger partial charge < -0.3 is 15.8 Å². The van der Waals surface area contributed by atoms with Crippen molar-refractivity contribution in [3.8, 4) is 0 Å². The Morgan fingerprint density at radius 2 is 1.86 bits per heavy atom. The van der Waals surface area contributed by atoms with E-state index in [-0.39, 0.29) is 34.6 Å². The van der Waals surface area contributed by atoms with Crippen LogP contribution in [-0.2, 0) is 24.5 Å². The number of rotatable bonds is 2. The Hall–Kier alpha value is -3.39. The number of nitrogens with one attached hydrogen (secondary N) is 1. The van der Waals surface area contributed by atoms with Gasteiger partial charge in [-0.2, -0.15) is 0 Å². The molecule has 0 bridgehead atoms. The van der Waals surface area contributed by atoms with E-state index in [1.165, 1.54) is 7.11 Å². The summed E-state index contributed by atoms with van der Waals surface area (Å²) in [6.45, 7) is 5.97. The van der Waals surface area contributed by atoms with Crippen LogP contribution in [0, 0.1) is 12.3 Å². The smallest absolute Gasteiger partial charge is 0.339 e. The molecule has 5 rings (SSSR count). The molecule has 2 aromatic carbocycles. The summed E-state index contributed by atoms with van der Waals surface area (Å²) in [6, 6.07) is 12.8. The molecule has 0 fully saturated rings. The van der Waals surface area contributed by atoms with Crippen molar-refractivity contribution in [3.63, 3.8) is 0 Å². The first-order chi connectivity index (χ1) is 16.5. The lowest BCUT2D eigenvalue weighted by atomic mass is 9.60. The number of fused-ring (bicyclic) bond motifs is 3. The van der Waals surface area contributed by atoms with Crippen molar-refractivity contribution in [1.82, 2.24) is 0 Å². The molecular weight excluding hydrogens is 510 g/mol. The zero-order valence-corrected chi connectivity index (χ0v) is 21.6. The second-order valence-corrected chi connectivity index (χ2v) is 10.9. The molecule has 0 saturated carbocycles. The molecule has 2 aromatic rings. The number of amides is 1. The van der Waals surface area contributed by atoms with E-state index in [2.05, 4.69) is 21.2 Å². The third-order valence-electron chi connectivity index (χ3n) is 7.08. The summed E-state index contributed by atoms with van der Waals surface area (Å²) < 4.78 is 6.06. The van der Waals surface area contributed by atoms with E-state index in [1.807, 2.05) is 39.0 Å². The van der Waals surface area contributed by atoms with Crippen molar-refractivity contribution < 1.29 is 19.1 Å². The van der Waals surface area contributed by atoms with Crippen molar-refractivity contribution in [2.45, 2.75) is 39.0 Å². The molecule has 0 radical (unpaired) electrons. The number of allylic oxidation sites excluding steroid dienone is 1. The molecule has 2 heterocycles. The highest BCUT2D eigenvalue weighted by molar-refractivity contribution is 9.10. The number of nitrogens with zero attached hydrogens (tertiary/aromatic N) is 1. The van der Waals surface area contributed by atoms with E-state index in [4.69, 9.17) is 10.5 Å². The fourth-order valence-corrected chi connectivity index (χ4v) is 6.21. The second-order valence-electron chi connectivity index (χ2n) is 10.0. The van der Waals surface area contributed by atoms with Gasteiger partial charge in [0, 0.05) is 33.4 Å². The molecule has 1 unspecified atom stereocenters. The monoisotopic (exact) mass is 535 g/mol. The maximum Gasteiger partial charge on any atom is 0.339 e. The van der Waals surface area contributed by atoms with E-state index in [9.17, 15) is 14.4 Å². The van der Waals surface area contributed by atoms with Crippen LogP contribution in [0.4, 0.5) is 11.4 Å². The molecule has 7 nitrogen and oxygen atoms in total. The van der Waals surface area contributed by atoms with Gasteiger partial charge in [0.15, 0.2) is 5.78 Å². The van der Waals surface area contributed by atoms with Gasteiger partial charge in [-0.15, -0.1) is 0 Å². The Balaban J connectivity index is 1.94. The lowest BCUT2D eigenvalue weighted by Crippen LogP contribution is -2.54. The number of hydrogen-bond donors (Lipinski definition) is 2. The number of aryl methyl sites for hydroxylation is 1. The Morgan fingerprint density at radius 1 is 1.14 bits per heavy atom. The number of ether oxygens (including phenoxy) is 1. The summed E-state index contributed by atoms with van der Waals surface area (Å²) in [5, 5.41) is 2.89. The molecule has 3 N–H and O–H groups in total. The van der Waals surface area contributed by atoms with Crippen LogP contribution in [0.3, 0.4) is 0 Å². The first kappa shape index (κ1) is 23.4. The van der Waals surface area contributed by atoms with Crippen LogP contribution in [-0.4, -0.2) is 24.8 Å². The van der Waals surface area contributed by atoms with Crippen LogP contribution in [0.15, 0.2) is 69.6 Å². The average Bonchev–Trinajstić information content (AvgIpc) is 3.06. The van der Waals surface area contributed by atoms with Gasteiger partial charge in [-0.3, -0.25) is 14.5 Å². The van der Waals surface area contributed by atoms with Crippen LogP contribution in [0.5, 0.6) is 0 Å². The van der Waals surface area contributed by atoms with Crippen molar-refractivity contribution in [2.24, 2.45) is 11.1 Å². The van der Waals surface area contributed by atoms with E-state index in [0.717, 1.165) is 15.7 Å². The molecule has 180 valence electrons. The number of carbonyl (C=O) groups is 3. The van der Waals surface area contributed by atoms with E-state index >= 15 is 0 Å². The molecular formula is C27H26BrN3O4. The number of benzene rings is 2. The molecule has 8 heteroatoms. The van der Waals surface area contributed by atoms with Gasteiger partial charge in [0.05, 0.1) is 12.8 Å². The summed E-state index contributed by atoms with van der Waals surface area (Å²) >= 11 is 3.50. The molecule has 3 aliphatic rings. The van der Waals surface area contributed by atoms with Crippen molar-refractivity contribution >= 4 is 45.0 Å². The highest BCUT2D eigenvalue weighted by Gasteiger charge is 2.62. The predicted molar refractivity (Wildman–Crippen MR) is 136 cm³/mol. The van der Waals surface area contributed by atoms with Crippen molar-refractivity contribution in [1.29, 1.82) is 0 Å². The summed E-state index contributed by atoms with van der Waals surface area (Å²) in [4.78, 5) is 43.0. The van der Waals surface area contributed by atoms with E-state index in [0.29, 0.717) is 23.4 Å². The number of anilines is 2. The molecule has 2 aliphatic heterocycles. The van der Waals surface area contributed by atoms with Gasteiger partial charge in [0.25, 0.3) is 0 Å². The predicted octanol–water partition coefficient (Wildman–Crippen LogP) is 4.45. The fraction of sp³-hybridized carbons (Fsp3) is 0.296. The Bertz CT molecular complexity index is 1390. The molecule has 1 atom stereocenters. The zero-order valence-electron chi connectivity index (χ0n) is 20.0. The van der Waals surface area contributed by atoms with Gasteiger partial charge in [-0.1, -0.05) is 48.0 Å². The van der Waals surface area contributed by atoms with Crippen molar-refractivity contribution in [2.75, 3.05) is 17.3 Å². The lowest BCUT2D eigenvalue weighted by molar-refractivity contribution is -0.138.